The third-order valence-corrected chi connectivity index (χ3v) is 9.75. The smallest absolute Gasteiger partial charge is 0.325 e. The van der Waals surface area contributed by atoms with E-state index in [9.17, 15) is 24.0 Å². The first-order valence-electron chi connectivity index (χ1n) is 19.5. The maximum Gasteiger partial charge on any atom is 0.325 e. The largest absolute Gasteiger partial charge is 0.428 e. The average molecular weight is 773 g/mol. The van der Waals surface area contributed by atoms with Gasteiger partial charge in [0.25, 0.3) is 12.5 Å². The van der Waals surface area contributed by atoms with E-state index in [4.69, 9.17) is 10.5 Å². The topological polar surface area (TPSA) is 216 Å². The highest BCUT2D eigenvalue weighted by Crippen LogP contribution is 2.36. The lowest BCUT2D eigenvalue weighted by molar-refractivity contribution is 0.184. The molecule has 0 spiro atoms. The molecule has 55 heavy (non-hydrogen) atoms. The van der Waals surface area contributed by atoms with Crippen molar-refractivity contribution in [3.63, 3.8) is 0 Å². The third-order valence-electron chi connectivity index (χ3n) is 9.75. The molecule has 310 valence electrons. The van der Waals surface area contributed by atoms with Crippen molar-refractivity contribution in [1.29, 1.82) is 10.5 Å². The van der Waals surface area contributed by atoms with E-state index in [1.54, 1.807) is 24.7 Å². The van der Waals surface area contributed by atoms with Crippen LogP contribution in [0.15, 0.2) is 15.0 Å². The summed E-state index contributed by atoms with van der Waals surface area (Å²) in [5.74, 6) is 1.60. The van der Waals surface area contributed by atoms with E-state index < -0.39 is 12.1 Å². The highest BCUT2D eigenvalue weighted by Gasteiger charge is 2.27. The van der Waals surface area contributed by atoms with Crippen molar-refractivity contribution in [3.8, 4) is 12.5 Å². The van der Waals surface area contributed by atoms with Gasteiger partial charge in [-0.15, -0.1) is 0 Å². The van der Waals surface area contributed by atoms with Crippen LogP contribution in [0.5, 0.6) is 0 Å². The van der Waals surface area contributed by atoms with Crippen LogP contribution in [-0.2, 0) is 23.9 Å². The van der Waals surface area contributed by atoms with E-state index in [-0.39, 0.29) is 26.9 Å². The van der Waals surface area contributed by atoms with Gasteiger partial charge in [-0.25, -0.2) is 43.8 Å². The van der Waals surface area contributed by atoms with Gasteiger partial charge in [0.2, 0.25) is 18.2 Å². The van der Waals surface area contributed by atoms with E-state index in [1.165, 1.54) is 43.1 Å². The maximum absolute atomic E-state index is 12.6. The van der Waals surface area contributed by atoms with Crippen LogP contribution in [0.25, 0.3) is 0 Å². The van der Waals surface area contributed by atoms with Crippen LogP contribution in [-0.4, -0.2) is 86.7 Å². The maximum atomic E-state index is 12.6. The number of aliphatic imine (C=N–C) groups is 3. The number of ether oxygens (including phenoxy) is 2. The number of nitrogens with one attached hydrogen (secondary N) is 2. The molecule has 2 rings (SSSR count). The van der Waals surface area contributed by atoms with Gasteiger partial charge in [0.15, 0.2) is 0 Å². The van der Waals surface area contributed by atoms with Crippen molar-refractivity contribution in [3.05, 3.63) is 0 Å². The second-order valence-electron chi connectivity index (χ2n) is 13.7. The molecule has 0 bridgehead atoms. The zero-order chi connectivity index (χ0) is 38.6. The lowest BCUT2D eigenvalue weighted by Gasteiger charge is -2.31. The molecular weight excluding hydrogens is 704 g/mol. The molecule has 0 unspecified atom stereocenters. The molecule has 0 saturated heterocycles. The Balaban J connectivity index is 0. The Hall–Kier alpha value is -4.54. The number of imide groups is 1. The number of nitrogens with zero attached hydrogens (tertiary/aromatic N) is 6. The molecule has 0 aromatic carbocycles. The van der Waals surface area contributed by atoms with Crippen molar-refractivity contribution in [2.45, 2.75) is 162 Å². The standard InChI is InChI=1S/C23H38N6O5.C15H22N2O2.2CH4/c24-19-33-17-11-5-3-9-15-28-23(32)29(16-10-4-6-12-18-34-20-25)22(31)27-14-8-2-1-7-13-26-21-30;18-10-16-14-5-1-12(2-6-14)9-13-3-7-15(8-4-13)17-11-19;;/h1-18H2,(H,27,31)(H,28,32);12-15H,1-9H2;2*1H4. The van der Waals surface area contributed by atoms with Crippen LogP contribution in [0.1, 0.15) is 150 Å². The molecule has 0 heterocycles. The number of carbonyl (C=O) groups is 2. The lowest BCUT2D eigenvalue weighted by atomic mass is 9.76. The molecule has 0 radical (unpaired) electrons. The molecule has 15 heteroatoms. The van der Waals surface area contributed by atoms with Crippen LogP contribution < -0.4 is 10.6 Å². The average Bonchev–Trinajstić information content (AvgIpc) is 3.17. The first-order valence-corrected chi connectivity index (χ1v) is 19.5. The number of hydrogen-bond acceptors (Lipinski definition) is 12. The Morgan fingerprint density at radius 3 is 1.42 bits per heavy atom. The van der Waals surface area contributed by atoms with Crippen molar-refractivity contribution in [2.24, 2.45) is 26.8 Å². The van der Waals surface area contributed by atoms with Crippen LogP contribution in [0.2, 0.25) is 0 Å². The van der Waals surface area contributed by atoms with Crippen LogP contribution in [0, 0.1) is 34.9 Å². The SMILES string of the molecule is C.C.N#COCCCCCCNC(=O)N(CCCCCCOC#N)C(=O)NCCCCCCN=C=O.O=C=NC1CCC(CC2CCC(N=C=O)CC2)CC1. The lowest BCUT2D eigenvalue weighted by Crippen LogP contribution is -2.49. The molecule has 2 aliphatic carbocycles. The number of unbranched alkanes of at least 4 members (excludes halogenated alkanes) is 9. The number of isocyanates is 3. The molecule has 0 atom stereocenters. The number of urea groups is 2. The summed E-state index contributed by atoms with van der Waals surface area (Å²) in [6.45, 7) is 2.51. The Morgan fingerprint density at radius 2 is 1.00 bits per heavy atom. The first-order chi connectivity index (χ1) is 26.0. The zero-order valence-electron chi connectivity index (χ0n) is 31.4. The Kier molecular flexibility index (Phi) is 36.1. The second kappa shape index (κ2) is 37.8. The molecule has 4 amide bonds. The number of carbonyl (C=O) groups excluding carboxylic acids is 5. The number of hydrogen-bond donors (Lipinski definition) is 2. The minimum absolute atomic E-state index is 0. The quantitative estimate of drug-likeness (QED) is 0.0395. The summed E-state index contributed by atoms with van der Waals surface area (Å²) >= 11 is 0. The van der Waals surface area contributed by atoms with E-state index in [1.807, 2.05) is 0 Å². The summed E-state index contributed by atoms with van der Waals surface area (Å²) in [4.78, 5) is 68.1. The van der Waals surface area contributed by atoms with Gasteiger partial charge < -0.3 is 20.1 Å². The normalized spacial score (nSPS) is 18.1. The number of amides is 4. The summed E-state index contributed by atoms with van der Waals surface area (Å²) in [6.07, 6.45) is 28.3. The zero-order valence-corrected chi connectivity index (χ0v) is 31.4. The molecule has 15 nitrogen and oxygen atoms in total. The fraction of sp³-hybridized carbons (Fsp3) is 0.825. The van der Waals surface area contributed by atoms with Gasteiger partial charge in [0.05, 0.1) is 18.6 Å². The van der Waals surface area contributed by atoms with Crippen LogP contribution in [0.4, 0.5) is 9.59 Å². The van der Waals surface area contributed by atoms with E-state index in [2.05, 4.69) is 35.1 Å². The second-order valence-corrected chi connectivity index (χ2v) is 13.7. The van der Waals surface area contributed by atoms with E-state index in [0.29, 0.717) is 45.8 Å². The third kappa shape index (κ3) is 28.6. The molecular formula is C40H68N8O7. The predicted octanol–water partition coefficient (Wildman–Crippen LogP) is 8.16. The summed E-state index contributed by atoms with van der Waals surface area (Å²) < 4.78 is 9.27. The monoisotopic (exact) mass is 773 g/mol. The minimum atomic E-state index is -0.412. The number of nitriles is 2. The van der Waals surface area contributed by atoms with Gasteiger partial charge in [-0.2, -0.15) is 10.5 Å². The molecule has 0 aromatic heterocycles. The Bertz CT molecular complexity index is 1180. The van der Waals surface area contributed by atoms with Crippen molar-refractivity contribution in [2.75, 3.05) is 39.4 Å². The molecule has 2 N–H and O–H groups in total. The van der Waals surface area contributed by atoms with E-state index >= 15 is 0 Å². The van der Waals surface area contributed by atoms with Crippen LogP contribution in [0.3, 0.4) is 0 Å². The van der Waals surface area contributed by atoms with E-state index in [0.717, 1.165) is 108 Å². The fourth-order valence-corrected chi connectivity index (χ4v) is 6.77. The van der Waals surface area contributed by atoms with Gasteiger partial charge in [-0.05, 0) is 121 Å². The van der Waals surface area contributed by atoms with Crippen molar-refractivity contribution < 1.29 is 33.4 Å². The molecule has 0 aromatic rings. The van der Waals surface area contributed by atoms with Gasteiger partial charge >= 0.3 is 12.1 Å². The van der Waals surface area contributed by atoms with Gasteiger partial charge in [-0.1, -0.05) is 40.5 Å². The summed E-state index contributed by atoms with van der Waals surface area (Å²) in [6, 6.07) is -0.368. The molecule has 2 aliphatic rings. The Morgan fingerprint density at radius 1 is 0.582 bits per heavy atom. The highest BCUT2D eigenvalue weighted by molar-refractivity contribution is 5.93. The van der Waals surface area contributed by atoms with Crippen LogP contribution >= 0.6 is 0 Å². The van der Waals surface area contributed by atoms with Crippen molar-refractivity contribution >= 4 is 30.3 Å². The summed E-state index contributed by atoms with van der Waals surface area (Å²) in [5.41, 5.74) is 0. The molecule has 2 fully saturated rings. The van der Waals surface area contributed by atoms with Gasteiger partial charge in [0, 0.05) is 19.6 Å². The highest BCUT2D eigenvalue weighted by atomic mass is 16.5. The Labute approximate surface area is 329 Å². The predicted molar refractivity (Wildman–Crippen MR) is 211 cm³/mol. The number of rotatable bonds is 25. The molecule has 0 aliphatic heterocycles. The minimum Gasteiger partial charge on any atom is -0.428 e. The van der Waals surface area contributed by atoms with Gasteiger partial charge in [-0.3, -0.25) is 0 Å². The summed E-state index contributed by atoms with van der Waals surface area (Å²) in [7, 11) is 0. The van der Waals surface area contributed by atoms with Gasteiger partial charge in [0.1, 0.15) is 13.2 Å². The summed E-state index contributed by atoms with van der Waals surface area (Å²) in [5, 5.41) is 22.3. The fourth-order valence-electron chi connectivity index (χ4n) is 6.77. The molecule has 2 saturated carbocycles. The van der Waals surface area contributed by atoms with Crippen molar-refractivity contribution in [1.82, 2.24) is 15.5 Å². The first kappa shape index (κ1) is 52.6.